The number of carbonyl (C=O) groups excluding carboxylic acids is 2. The Morgan fingerprint density at radius 1 is 0.914 bits per heavy atom. The van der Waals surface area contributed by atoms with Crippen LogP contribution >= 0.6 is 23.4 Å². The lowest BCUT2D eigenvalue weighted by atomic mass is 10.1. The average Bonchev–Trinajstić information content (AvgIpc) is 3.26. The third-order valence-corrected chi connectivity index (χ3v) is 6.06. The standard InChI is InChI=1S/C24H16ClF3N4O2S/c25-19-13-7-5-11-17(19)21-30-31-23(35-14-20(33)29-15-8-2-1-3-9-15)32(21)22(34)16-10-4-6-12-18(16)24(26,27)28/h1-13H,14H2,(H,29,33). The Balaban J connectivity index is 1.72. The minimum absolute atomic E-state index is 0.0384. The van der Waals surface area contributed by atoms with E-state index in [4.69, 9.17) is 11.6 Å². The van der Waals surface area contributed by atoms with Crippen molar-refractivity contribution in [2.24, 2.45) is 0 Å². The van der Waals surface area contributed by atoms with Crippen LogP contribution in [0.4, 0.5) is 18.9 Å². The first kappa shape index (κ1) is 24.5. The number of alkyl halides is 3. The second kappa shape index (κ2) is 10.3. The van der Waals surface area contributed by atoms with Crippen LogP contribution in [0.3, 0.4) is 0 Å². The Labute approximate surface area is 207 Å². The van der Waals surface area contributed by atoms with Crippen molar-refractivity contribution < 1.29 is 22.8 Å². The highest BCUT2D eigenvalue weighted by Crippen LogP contribution is 2.35. The van der Waals surface area contributed by atoms with Crippen LogP contribution in [0.2, 0.25) is 5.02 Å². The summed E-state index contributed by atoms with van der Waals surface area (Å²) in [6, 6.07) is 19.6. The Hall–Kier alpha value is -3.63. The number of halogens is 4. The molecule has 1 amide bonds. The van der Waals surface area contributed by atoms with Crippen LogP contribution in [0.1, 0.15) is 15.9 Å². The zero-order valence-electron chi connectivity index (χ0n) is 17.8. The summed E-state index contributed by atoms with van der Waals surface area (Å²) in [6.07, 6.45) is -4.76. The van der Waals surface area contributed by atoms with Gasteiger partial charge < -0.3 is 5.32 Å². The van der Waals surface area contributed by atoms with E-state index < -0.39 is 29.1 Å². The number of nitrogens with one attached hydrogen (secondary N) is 1. The molecule has 4 rings (SSSR count). The number of hydrogen-bond donors (Lipinski definition) is 1. The van der Waals surface area contributed by atoms with Gasteiger partial charge in [-0.3, -0.25) is 9.59 Å². The topological polar surface area (TPSA) is 76.9 Å². The SMILES string of the molecule is O=C(CSc1nnc(-c2ccccc2Cl)n1C(=O)c1ccccc1C(F)(F)F)Nc1ccccc1. The van der Waals surface area contributed by atoms with Crippen LogP contribution in [-0.4, -0.2) is 32.3 Å². The molecule has 0 radical (unpaired) electrons. The molecule has 1 heterocycles. The highest BCUT2D eigenvalue weighted by Gasteiger charge is 2.36. The van der Waals surface area contributed by atoms with Gasteiger partial charge >= 0.3 is 6.18 Å². The number of aromatic nitrogens is 3. The number of hydrogen-bond acceptors (Lipinski definition) is 5. The predicted octanol–water partition coefficient (Wildman–Crippen LogP) is 6.04. The van der Waals surface area contributed by atoms with Crippen LogP contribution in [0.5, 0.6) is 0 Å². The first-order valence-corrected chi connectivity index (χ1v) is 11.5. The lowest BCUT2D eigenvalue weighted by molar-refractivity contribution is -0.138. The molecule has 0 saturated carbocycles. The number of amides is 1. The molecule has 3 aromatic carbocycles. The molecule has 6 nitrogen and oxygen atoms in total. The molecule has 4 aromatic rings. The van der Waals surface area contributed by atoms with Crippen LogP contribution in [0.25, 0.3) is 11.4 Å². The first-order chi connectivity index (χ1) is 16.8. The van der Waals surface area contributed by atoms with Crippen molar-refractivity contribution in [1.82, 2.24) is 14.8 Å². The molecule has 0 spiro atoms. The largest absolute Gasteiger partial charge is 0.417 e. The monoisotopic (exact) mass is 516 g/mol. The number of benzene rings is 3. The van der Waals surface area contributed by atoms with Gasteiger partial charge in [-0.2, -0.15) is 13.2 Å². The molecule has 35 heavy (non-hydrogen) atoms. The minimum atomic E-state index is -4.76. The van der Waals surface area contributed by atoms with Crippen molar-refractivity contribution in [3.8, 4) is 11.4 Å². The van der Waals surface area contributed by atoms with Crippen molar-refractivity contribution in [3.05, 3.63) is 95.0 Å². The van der Waals surface area contributed by atoms with Crippen molar-refractivity contribution in [1.29, 1.82) is 0 Å². The van der Waals surface area contributed by atoms with E-state index in [9.17, 15) is 22.8 Å². The summed E-state index contributed by atoms with van der Waals surface area (Å²) in [6.45, 7) is 0. The highest BCUT2D eigenvalue weighted by molar-refractivity contribution is 7.99. The van der Waals surface area contributed by atoms with E-state index in [1.54, 1.807) is 54.6 Å². The van der Waals surface area contributed by atoms with Crippen molar-refractivity contribution in [3.63, 3.8) is 0 Å². The lowest BCUT2D eigenvalue weighted by Gasteiger charge is -2.14. The zero-order valence-corrected chi connectivity index (χ0v) is 19.4. The maximum Gasteiger partial charge on any atom is 0.417 e. The summed E-state index contributed by atoms with van der Waals surface area (Å²) < 4.78 is 41.8. The van der Waals surface area contributed by atoms with Gasteiger partial charge in [0.1, 0.15) is 0 Å². The van der Waals surface area contributed by atoms with Crippen LogP contribution in [0, 0.1) is 0 Å². The molecule has 0 fully saturated rings. The number of rotatable bonds is 6. The van der Waals surface area contributed by atoms with Gasteiger partial charge in [0, 0.05) is 11.3 Å². The van der Waals surface area contributed by atoms with Gasteiger partial charge in [-0.05, 0) is 36.4 Å². The minimum Gasteiger partial charge on any atom is -0.325 e. The van der Waals surface area contributed by atoms with E-state index in [1.165, 1.54) is 12.1 Å². The fourth-order valence-electron chi connectivity index (χ4n) is 3.25. The van der Waals surface area contributed by atoms with E-state index in [2.05, 4.69) is 15.5 Å². The van der Waals surface area contributed by atoms with Crippen molar-refractivity contribution in [2.75, 3.05) is 11.1 Å². The number of anilines is 1. The van der Waals surface area contributed by atoms with E-state index in [0.717, 1.165) is 28.5 Å². The number of thioether (sulfide) groups is 1. The summed E-state index contributed by atoms with van der Waals surface area (Å²) in [5.74, 6) is -1.59. The normalized spacial score (nSPS) is 11.3. The molecule has 0 unspecified atom stereocenters. The number of para-hydroxylation sites is 1. The Morgan fingerprint density at radius 2 is 1.57 bits per heavy atom. The molecule has 11 heteroatoms. The summed E-state index contributed by atoms with van der Waals surface area (Å²) >= 11 is 7.13. The van der Waals surface area contributed by atoms with Gasteiger partial charge in [-0.1, -0.05) is 65.8 Å². The van der Waals surface area contributed by atoms with E-state index in [0.29, 0.717) is 11.3 Å². The van der Waals surface area contributed by atoms with Gasteiger partial charge in [0.25, 0.3) is 5.91 Å². The Kier molecular flexibility index (Phi) is 7.23. The van der Waals surface area contributed by atoms with Crippen molar-refractivity contribution in [2.45, 2.75) is 11.3 Å². The molecule has 1 N–H and O–H groups in total. The quantitative estimate of drug-likeness (QED) is 0.316. The second-order valence-corrected chi connectivity index (χ2v) is 8.52. The molecular weight excluding hydrogens is 501 g/mol. The lowest BCUT2D eigenvalue weighted by Crippen LogP contribution is -2.21. The van der Waals surface area contributed by atoms with Gasteiger partial charge in [0.15, 0.2) is 11.0 Å². The summed E-state index contributed by atoms with van der Waals surface area (Å²) in [7, 11) is 0. The number of carbonyl (C=O) groups is 2. The third kappa shape index (κ3) is 5.55. The first-order valence-electron chi connectivity index (χ1n) is 10.1. The molecule has 0 aliphatic carbocycles. The smallest absolute Gasteiger partial charge is 0.325 e. The Morgan fingerprint density at radius 3 is 2.29 bits per heavy atom. The van der Waals surface area contributed by atoms with Gasteiger partial charge in [0.2, 0.25) is 5.91 Å². The predicted molar refractivity (Wildman–Crippen MR) is 127 cm³/mol. The average molecular weight is 517 g/mol. The number of nitrogens with zero attached hydrogens (tertiary/aromatic N) is 3. The van der Waals surface area contributed by atoms with E-state index in [-0.39, 0.29) is 21.8 Å². The third-order valence-electron chi connectivity index (χ3n) is 4.80. The van der Waals surface area contributed by atoms with Crippen LogP contribution in [-0.2, 0) is 11.0 Å². The van der Waals surface area contributed by atoms with E-state index in [1.807, 2.05) is 0 Å². The molecule has 178 valence electrons. The fourth-order valence-corrected chi connectivity index (χ4v) is 4.20. The molecule has 0 bridgehead atoms. The Bertz CT molecular complexity index is 1380. The highest BCUT2D eigenvalue weighted by atomic mass is 35.5. The molecule has 1 aromatic heterocycles. The van der Waals surface area contributed by atoms with Crippen LogP contribution < -0.4 is 5.32 Å². The fraction of sp³-hybridized carbons (Fsp3) is 0.0833. The summed E-state index contributed by atoms with van der Waals surface area (Å²) in [4.78, 5) is 25.9. The molecule has 0 saturated heterocycles. The molecule has 0 aliphatic rings. The van der Waals surface area contributed by atoms with Gasteiger partial charge in [0.05, 0.1) is 21.9 Å². The van der Waals surface area contributed by atoms with Gasteiger partial charge in [-0.15, -0.1) is 10.2 Å². The zero-order chi connectivity index (χ0) is 25.0. The molecule has 0 atom stereocenters. The molecule has 0 aliphatic heterocycles. The molecular formula is C24H16ClF3N4O2S. The maximum atomic E-state index is 13.6. The van der Waals surface area contributed by atoms with Crippen molar-refractivity contribution >= 4 is 40.9 Å². The van der Waals surface area contributed by atoms with Crippen LogP contribution in [0.15, 0.2) is 84.0 Å². The maximum absolute atomic E-state index is 13.6. The summed E-state index contributed by atoms with van der Waals surface area (Å²) in [5, 5.41) is 10.9. The van der Waals surface area contributed by atoms with E-state index >= 15 is 0 Å². The summed E-state index contributed by atoms with van der Waals surface area (Å²) in [5.41, 5.74) is -0.795. The van der Waals surface area contributed by atoms with Gasteiger partial charge in [-0.25, -0.2) is 4.57 Å². The second-order valence-electron chi connectivity index (χ2n) is 7.17.